The largest absolute Gasteiger partial charge is 0.339 e. The first kappa shape index (κ1) is 35.9. The number of ether oxygens (including phenoxy) is 2. The normalized spacial score (nSPS) is 15.4. The maximum absolute atomic E-state index is 6.08. The molecule has 0 aliphatic carbocycles. The Hall–Kier alpha value is -2.61. The summed E-state index contributed by atoms with van der Waals surface area (Å²) < 4.78 is 12.2. The molecule has 1 fully saturated rings. The lowest BCUT2D eigenvalue weighted by molar-refractivity contribution is -0.0896. The van der Waals surface area contributed by atoms with E-state index in [2.05, 4.69) is 126 Å². The molecule has 5 rings (SSSR count). The zero-order valence-corrected chi connectivity index (χ0v) is 29.5. The van der Waals surface area contributed by atoms with E-state index in [-0.39, 0.29) is 28.1 Å². The summed E-state index contributed by atoms with van der Waals surface area (Å²) in [7, 11) is 0. The van der Waals surface area contributed by atoms with Crippen molar-refractivity contribution in [2.75, 3.05) is 0 Å². The summed E-state index contributed by atoms with van der Waals surface area (Å²) in [5, 5.41) is 0.829. The Labute approximate surface area is 277 Å². The van der Waals surface area contributed by atoms with Crippen molar-refractivity contribution in [1.82, 2.24) is 19.9 Å². The van der Waals surface area contributed by atoms with Gasteiger partial charge in [0.1, 0.15) is 5.15 Å². The van der Waals surface area contributed by atoms with E-state index in [1.54, 1.807) is 12.3 Å². The first-order valence-corrected chi connectivity index (χ1v) is 15.8. The quantitative estimate of drug-likeness (QED) is 0.161. The van der Waals surface area contributed by atoms with E-state index in [1.807, 2.05) is 6.07 Å². The molecule has 0 radical (unpaired) electrons. The molecule has 1 aliphatic heterocycles. The van der Waals surface area contributed by atoms with Crippen LogP contribution in [0.1, 0.15) is 101 Å². The van der Waals surface area contributed by atoms with Gasteiger partial charge in [-0.2, -0.15) is 0 Å². The van der Waals surface area contributed by atoms with Gasteiger partial charge in [0, 0.05) is 23.5 Å². The molecule has 2 aromatic carbocycles. The third-order valence-electron chi connectivity index (χ3n) is 7.85. The highest BCUT2D eigenvalue weighted by Crippen LogP contribution is 2.45. The van der Waals surface area contributed by atoms with Gasteiger partial charge < -0.3 is 9.47 Å². The van der Waals surface area contributed by atoms with E-state index in [9.17, 15) is 0 Å². The van der Waals surface area contributed by atoms with E-state index in [4.69, 9.17) is 44.3 Å². The standard InChI is InChI=1S/C17H26O2.C14H15ClN2.C4H2Cl2N2/c1-11(2)14-9-8-13(10-12(14)3)15-18-16(4,5)17(6,7)19-15;1-9(2)12-5-4-11(8-10(12)3)13-6-7-16-14(15)17-13;5-3-1-2-7-4(6)8-3/h8-11,15H,1-7H3;4-9H,1-3H3;1-2H. The van der Waals surface area contributed by atoms with Crippen LogP contribution in [-0.2, 0) is 9.47 Å². The van der Waals surface area contributed by atoms with Gasteiger partial charge in [-0.15, -0.1) is 0 Å². The minimum absolute atomic E-state index is 0.178. The van der Waals surface area contributed by atoms with Crippen LogP contribution in [0.2, 0.25) is 15.7 Å². The van der Waals surface area contributed by atoms with Crippen LogP contribution in [0.15, 0.2) is 60.9 Å². The molecule has 3 heterocycles. The molecule has 2 aromatic heterocycles. The molecule has 4 aromatic rings. The van der Waals surface area contributed by atoms with Gasteiger partial charge in [-0.25, -0.2) is 19.9 Å². The van der Waals surface area contributed by atoms with Crippen LogP contribution in [0, 0.1) is 13.8 Å². The third-order valence-corrected chi connectivity index (χ3v) is 8.42. The fourth-order valence-corrected chi connectivity index (χ4v) is 5.24. The van der Waals surface area contributed by atoms with Crippen molar-refractivity contribution in [2.45, 2.75) is 98.6 Å². The van der Waals surface area contributed by atoms with E-state index in [0.29, 0.717) is 17.0 Å². The Balaban J connectivity index is 0.000000194. The summed E-state index contributed by atoms with van der Waals surface area (Å²) in [5.74, 6) is 1.09. The molecule has 0 spiro atoms. The smallest absolute Gasteiger partial charge is 0.223 e. The lowest BCUT2D eigenvalue weighted by atomic mass is 9.90. The summed E-state index contributed by atoms with van der Waals surface area (Å²) in [4.78, 5) is 15.3. The SMILES string of the molecule is Cc1cc(-c2ccnc(Cl)n2)ccc1C(C)C.Cc1cc(C2OC(C)(C)C(C)(C)O2)ccc1C(C)C.Clc1ccnc(Cl)n1. The van der Waals surface area contributed by atoms with Crippen LogP contribution < -0.4 is 0 Å². The molecule has 0 unspecified atom stereocenters. The summed E-state index contributed by atoms with van der Waals surface area (Å²) >= 11 is 16.5. The van der Waals surface area contributed by atoms with E-state index in [1.165, 1.54) is 28.5 Å². The van der Waals surface area contributed by atoms with Crippen molar-refractivity contribution in [3.8, 4) is 11.3 Å². The number of aromatic nitrogens is 4. The molecule has 1 aliphatic rings. The van der Waals surface area contributed by atoms with Gasteiger partial charge in [-0.3, -0.25) is 0 Å². The van der Waals surface area contributed by atoms with Gasteiger partial charge in [0.05, 0.1) is 16.9 Å². The van der Waals surface area contributed by atoms with Crippen LogP contribution in [0.3, 0.4) is 0 Å². The number of hydrogen-bond acceptors (Lipinski definition) is 6. The van der Waals surface area contributed by atoms with Crippen LogP contribution in [0.5, 0.6) is 0 Å². The molecule has 0 amide bonds. The number of aryl methyl sites for hydroxylation is 2. The van der Waals surface area contributed by atoms with Gasteiger partial charge >= 0.3 is 0 Å². The van der Waals surface area contributed by atoms with Gasteiger partial charge in [-0.05, 0) is 117 Å². The molecule has 9 heteroatoms. The molecular formula is C35H43Cl3N4O2. The highest BCUT2D eigenvalue weighted by atomic mass is 35.5. The van der Waals surface area contributed by atoms with Crippen molar-refractivity contribution < 1.29 is 9.47 Å². The lowest BCUT2D eigenvalue weighted by Crippen LogP contribution is -2.41. The molecule has 6 nitrogen and oxygen atoms in total. The zero-order valence-electron chi connectivity index (χ0n) is 27.2. The van der Waals surface area contributed by atoms with Crippen LogP contribution >= 0.6 is 34.8 Å². The van der Waals surface area contributed by atoms with Gasteiger partial charge in [-0.1, -0.05) is 69.6 Å². The van der Waals surface area contributed by atoms with Crippen LogP contribution in [0.25, 0.3) is 11.3 Å². The monoisotopic (exact) mass is 656 g/mol. The lowest BCUT2D eigenvalue weighted by Gasteiger charge is -2.30. The number of halogens is 3. The van der Waals surface area contributed by atoms with E-state index < -0.39 is 0 Å². The van der Waals surface area contributed by atoms with E-state index in [0.717, 1.165) is 16.8 Å². The van der Waals surface area contributed by atoms with Crippen LogP contribution in [-0.4, -0.2) is 31.1 Å². The maximum Gasteiger partial charge on any atom is 0.223 e. The van der Waals surface area contributed by atoms with Gasteiger partial charge in [0.2, 0.25) is 10.6 Å². The summed E-state index contributed by atoms with van der Waals surface area (Å²) in [6.45, 7) is 21.5. The molecule has 0 bridgehead atoms. The number of rotatable bonds is 4. The summed E-state index contributed by atoms with van der Waals surface area (Å²) in [6, 6.07) is 16.3. The highest BCUT2D eigenvalue weighted by molar-refractivity contribution is 6.31. The predicted octanol–water partition coefficient (Wildman–Crippen LogP) is 10.7. The molecular weight excluding hydrogens is 615 g/mol. The zero-order chi connectivity index (χ0) is 32.8. The Kier molecular flexibility index (Phi) is 12.3. The van der Waals surface area contributed by atoms with E-state index >= 15 is 0 Å². The fourth-order valence-electron chi connectivity index (χ4n) is 4.77. The molecule has 1 saturated heterocycles. The number of nitrogens with zero attached hydrogens (tertiary/aromatic N) is 4. The molecule has 236 valence electrons. The predicted molar refractivity (Wildman–Crippen MR) is 182 cm³/mol. The second kappa shape index (κ2) is 15.1. The van der Waals surface area contributed by atoms with Crippen molar-refractivity contribution >= 4 is 34.8 Å². The van der Waals surface area contributed by atoms with Crippen molar-refractivity contribution in [2.24, 2.45) is 0 Å². The van der Waals surface area contributed by atoms with Gasteiger partial charge in [0.15, 0.2) is 6.29 Å². The van der Waals surface area contributed by atoms with Crippen molar-refractivity contribution in [1.29, 1.82) is 0 Å². The molecule has 0 saturated carbocycles. The van der Waals surface area contributed by atoms with Crippen molar-refractivity contribution in [3.63, 3.8) is 0 Å². The number of benzene rings is 2. The Morgan fingerprint density at radius 1 is 0.659 bits per heavy atom. The average Bonchev–Trinajstić information content (AvgIpc) is 3.15. The average molecular weight is 658 g/mol. The summed E-state index contributed by atoms with van der Waals surface area (Å²) in [5.41, 5.74) is 7.86. The fraction of sp³-hybridized carbons (Fsp3) is 0.429. The highest BCUT2D eigenvalue weighted by Gasteiger charge is 2.49. The first-order valence-electron chi connectivity index (χ1n) is 14.7. The Morgan fingerprint density at radius 3 is 1.59 bits per heavy atom. The Morgan fingerprint density at radius 2 is 1.16 bits per heavy atom. The molecule has 44 heavy (non-hydrogen) atoms. The molecule has 0 N–H and O–H groups in total. The minimum atomic E-state index is -0.276. The minimum Gasteiger partial charge on any atom is -0.339 e. The second-order valence-electron chi connectivity index (χ2n) is 12.4. The first-order chi connectivity index (χ1) is 20.5. The summed E-state index contributed by atoms with van der Waals surface area (Å²) in [6.07, 6.45) is 2.92. The second-order valence-corrected chi connectivity index (χ2v) is 13.5. The number of hydrogen-bond donors (Lipinski definition) is 0. The molecule has 0 atom stereocenters. The third kappa shape index (κ3) is 9.45. The van der Waals surface area contributed by atoms with Crippen molar-refractivity contribution in [3.05, 3.63) is 104 Å². The Bertz CT molecular complexity index is 1520. The van der Waals surface area contributed by atoms with Crippen LogP contribution in [0.4, 0.5) is 0 Å². The topological polar surface area (TPSA) is 70.0 Å². The maximum atomic E-state index is 6.08. The van der Waals surface area contributed by atoms with Gasteiger partial charge in [0.25, 0.3) is 0 Å².